The molecule has 2 heterocycles. The van der Waals surface area contributed by atoms with Crippen molar-refractivity contribution in [2.24, 2.45) is 0 Å². The summed E-state index contributed by atoms with van der Waals surface area (Å²) in [4.78, 5) is 23.6. The van der Waals surface area contributed by atoms with Crippen molar-refractivity contribution in [3.63, 3.8) is 0 Å². The number of rotatable bonds is 7. The maximum atomic E-state index is 10.8. The molecule has 132 valence electrons. The van der Waals surface area contributed by atoms with E-state index in [1.54, 1.807) is 18.2 Å². The summed E-state index contributed by atoms with van der Waals surface area (Å²) in [6.07, 6.45) is 3.50. The van der Waals surface area contributed by atoms with E-state index in [1.165, 1.54) is 0 Å². The molecule has 0 saturated carbocycles. The summed E-state index contributed by atoms with van der Waals surface area (Å²) < 4.78 is 5.37. The molecule has 0 radical (unpaired) electrons. The lowest BCUT2D eigenvalue weighted by molar-refractivity contribution is -0.118. The van der Waals surface area contributed by atoms with Gasteiger partial charge < -0.3 is 19.9 Å². The number of nitrogens with zero attached hydrogens (tertiary/aromatic N) is 4. The van der Waals surface area contributed by atoms with Crippen molar-refractivity contribution in [1.29, 1.82) is 0 Å². The maximum Gasteiger partial charge on any atom is 0.224 e. The van der Waals surface area contributed by atoms with Gasteiger partial charge in [0.25, 0.3) is 0 Å². The normalized spacial score (nSPS) is 14.3. The van der Waals surface area contributed by atoms with E-state index in [2.05, 4.69) is 26.3 Å². The Morgan fingerprint density at radius 1 is 1.20 bits per heavy atom. The van der Waals surface area contributed by atoms with Crippen LogP contribution in [0.5, 0.6) is 5.75 Å². The summed E-state index contributed by atoms with van der Waals surface area (Å²) in [7, 11) is 1.68. The van der Waals surface area contributed by atoms with Crippen LogP contribution in [-0.4, -0.2) is 61.1 Å². The highest BCUT2D eigenvalue weighted by atomic mass is 16.5. The molecule has 0 unspecified atom stereocenters. The molecule has 25 heavy (non-hydrogen) atoms. The van der Waals surface area contributed by atoms with Crippen molar-refractivity contribution in [3.05, 3.63) is 42.1 Å². The summed E-state index contributed by atoms with van der Waals surface area (Å²) in [5.41, 5.74) is 1.15. The second-order valence-electron chi connectivity index (χ2n) is 5.86. The van der Waals surface area contributed by atoms with Gasteiger partial charge in [0.05, 0.1) is 7.11 Å². The van der Waals surface area contributed by atoms with Crippen LogP contribution in [0, 0.1) is 0 Å². The van der Waals surface area contributed by atoms with E-state index < -0.39 is 0 Å². The molecular formula is C18H23N5O2. The Labute approximate surface area is 147 Å². The first-order valence-electron chi connectivity index (χ1n) is 8.43. The van der Waals surface area contributed by atoms with Gasteiger partial charge in [-0.15, -0.1) is 0 Å². The zero-order valence-electron chi connectivity index (χ0n) is 14.4. The van der Waals surface area contributed by atoms with E-state index in [0.717, 1.165) is 62.7 Å². The van der Waals surface area contributed by atoms with Crippen molar-refractivity contribution in [2.75, 3.05) is 50.1 Å². The second-order valence-corrected chi connectivity index (χ2v) is 5.86. The Morgan fingerprint density at radius 3 is 2.76 bits per heavy atom. The predicted molar refractivity (Wildman–Crippen MR) is 97.1 cm³/mol. The van der Waals surface area contributed by atoms with Gasteiger partial charge >= 0.3 is 0 Å². The molecule has 1 aromatic heterocycles. The lowest BCUT2D eigenvalue weighted by Gasteiger charge is -2.33. The second kappa shape index (κ2) is 8.32. The minimum absolute atomic E-state index is 0.616. The van der Waals surface area contributed by atoms with Gasteiger partial charge in [0, 0.05) is 38.9 Å². The average Bonchev–Trinajstić information content (AvgIpc) is 2.69. The summed E-state index contributed by atoms with van der Waals surface area (Å²) in [5.74, 6) is 2.40. The minimum atomic E-state index is 0.616. The quantitative estimate of drug-likeness (QED) is 0.768. The van der Waals surface area contributed by atoms with E-state index >= 15 is 0 Å². The lowest BCUT2D eigenvalue weighted by Crippen LogP contribution is -2.46. The number of nitrogens with one attached hydrogen (secondary N) is 1. The van der Waals surface area contributed by atoms with Crippen LogP contribution in [0.25, 0.3) is 0 Å². The van der Waals surface area contributed by atoms with Crippen molar-refractivity contribution in [1.82, 2.24) is 14.9 Å². The molecular weight excluding hydrogens is 318 g/mol. The first-order chi connectivity index (χ1) is 12.3. The number of methoxy groups -OCH3 is 1. The topological polar surface area (TPSA) is 70.6 Å². The van der Waals surface area contributed by atoms with Crippen LogP contribution in [0.1, 0.15) is 5.56 Å². The Hall–Kier alpha value is -2.83. The average molecular weight is 341 g/mol. The van der Waals surface area contributed by atoms with Crippen molar-refractivity contribution in [2.45, 2.75) is 6.42 Å². The fourth-order valence-corrected chi connectivity index (χ4v) is 2.89. The van der Waals surface area contributed by atoms with Crippen LogP contribution in [0.15, 0.2) is 36.5 Å². The van der Waals surface area contributed by atoms with Crippen LogP contribution in [-0.2, 0) is 11.2 Å². The predicted octanol–water partition coefficient (Wildman–Crippen LogP) is 1.42. The summed E-state index contributed by atoms with van der Waals surface area (Å²) in [6, 6.07) is 9.90. The fraction of sp³-hybridized carbons (Fsp3) is 0.389. The van der Waals surface area contributed by atoms with Gasteiger partial charge in [-0.2, -0.15) is 4.98 Å². The van der Waals surface area contributed by atoms with Crippen LogP contribution >= 0.6 is 0 Å². The molecule has 3 rings (SSSR count). The van der Waals surface area contributed by atoms with Gasteiger partial charge in [-0.1, -0.05) is 18.2 Å². The van der Waals surface area contributed by atoms with Gasteiger partial charge in [-0.25, -0.2) is 4.98 Å². The molecule has 0 spiro atoms. The van der Waals surface area contributed by atoms with E-state index in [-0.39, 0.29) is 0 Å². The molecule has 1 aromatic carbocycles. The number of hydrogen-bond acceptors (Lipinski definition) is 6. The minimum Gasteiger partial charge on any atom is -0.496 e. The number of aromatic nitrogens is 2. The molecule has 1 aliphatic rings. The van der Waals surface area contributed by atoms with Gasteiger partial charge in [-0.05, 0) is 24.1 Å². The standard InChI is InChI=1S/C18H23N5O2/c1-25-16-5-3-2-4-15(16)6-8-19-18-20-9-7-17(21-18)23-12-10-22(14-24)11-13-23/h2-5,7,9,14H,6,8,10-13H2,1H3,(H,19,20,21). The van der Waals surface area contributed by atoms with Gasteiger partial charge in [0.2, 0.25) is 12.4 Å². The third kappa shape index (κ3) is 4.37. The number of piperazine rings is 1. The number of anilines is 2. The van der Waals surface area contributed by atoms with Crippen molar-refractivity contribution >= 4 is 18.2 Å². The molecule has 1 saturated heterocycles. The summed E-state index contributed by atoms with van der Waals surface area (Å²) in [6.45, 7) is 3.75. The van der Waals surface area contributed by atoms with Crippen molar-refractivity contribution in [3.8, 4) is 5.75 Å². The summed E-state index contributed by atoms with van der Waals surface area (Å²) in [5, 5.41) is 3.27. The van der Waals surface area contributed by atoms with Gasteiger partial charge in [0.1, 0.15) is 11.6 Å². The summed E-state index contributed by atoms with van der Waals surface area (Å²) >= 11 is 0. The number of hydrogen-bond donors (Lipinski definition) is 1. The number of ether oxygens (including phenoxy) is 1. The molecule has 0 bridgehead atoms. The van der Waals surface area contributed by atoms with Crippen LogP contribution in [0.2, 0.25) is 0 Å². The lowest BCUT2D eigenvalue weighted by atomic mass is 10.1. The van der Waals surface area contributed by atoms with Gasteiger partial charge in [-0.3, -0.25) is 4.79 Å². The van der Waals surface area contributed by atoms with Gasteiger partial charge in [0.15, 0.2) is 0 Å². The molecule has 0 aliphatic carbocycles. The van der Waals surface area contributed by atoms with Crippen molar-refractivity contribution < 1.29 is 9.53 Å². The zero-order valence-corrected chi connectivity index (χ0v) is 14.4. The number of benzene rings is 1. The maximum absolute atomic E-state index is 10.8. The monoisotopic (exact) mass is 341 g/mol. The Bertz CT molecular complexity index is 701. The molecule has 7 nitrogen and oxygen atoms in total. The Kier molecular flexibility index (Phi) is 5.66. The first-order valence-corrected chi connectivity index (χ1v) is 8.43. The van der Waals surface area contributed by atoms with E-state index in [1.807, 2.05) is 24.3 Å². The van der Waals surface area contributed by atoms with Crippen LogP contribution < -0.4 is 15.0 Å². The third-order valence-corrected chi connectivity index (χ3v) is 4.30. The molecule has 1 N–H and O–H groups in total. The zero-order chi connectivity index (χ0) is 17.5. The molecule has 2 aromatic rings. The molecule has 7 heteroatoms. The van der Waals surface area contributed by atoms with E-state index in [4.69, 9.17) is 4.74 Å². The molecule has 1 aliphatic heterocycles. The number of carbonyl (C=O) groups is 1. The molecule has 1 fully saturated rings. The molecule has 1 amide bonds. The highest BCUT2D eigenvalue weighted by Gasteiger charge is 2.17. The Balaban J connectivity index is 1.56. The Morgan fingerprint density at radius 2 is 2.00 bits per heavy atom. The third-order valence-electron chi connectivity index (χ3n) is 4.30. The highest BCUT2D eigenvalue weighted by Crippen LogP contribution is 2.18. The largest absolute Gasteiger partial charge is 0.496 e. The number of para-hydroxylation sites is 1. The van der Waals surface area contributed by atoms with Crippen LogP contribution in [0.4, 0.5) is 11.8 Å². The van der Waals surface area contributed by atoms with Crippen LogP contribution in [0.3, 0.4) is 0 Å². The SMILES string of the molecule is COc1ccccc1CCNc1nccc(N2CCN(C=O)CC2)n1. The number of amides is 1. The highest BCUT2D eigenvalue weighted by molar-refractivity contribution is 5.49. The fourth-order valence-electron chi connectivity index (χ4n) is 2.89. The molecule has 0 atom stereocenters. The smallest absolute Gasteiger partial charge is 0.224 e. The van der Waals surface area contributed by atoms with E-state index in [9.17, 15) is 4.79 Å². The van der Waals surface area contributed by atoms with E-state index in [0.29, 0.717) is 5.95 Å². The number of carbonyl (C=O) groups excluding carboxylic acids is 1. The first kappa shape index (κ1) is 17.0.